The molecule has 2 rings (SSSR count). The molecule has 0 aliphatic carbocycles. The zero-order valence-corrected chi connectivity index (χ0v) is 9.80. The van der Waals surface area contributed by atoms with E-state index in [1.54, 1.807) is 13.8 Å². The number of imide groups is 1. The second-order valence-corrected chi connectivity index (χ2v) is 3.88. The third kappa shape index (κ3) is 1.67. The summed E-state index contributed by atoms with van der Waals surface area (Å²) in [6, 6.07) is 4.16. The van der Waals surface area contributed by atoms with Gasteiger partial charge in [-0.25, -0.2) is 14.7 Å². The minimum Gasteiger partial charge on any atom is -0.477 e. The van der Waals surface area contributed by atoms with Gasteiger partial charge in [0, 0.05) is 11.1 Å². The van der Waals surface area contributed by atoms with Crippen LogP contribution in [0.5, 0.6) is 0 Å². The summed E-state index contributed by atoms with van der Waals surface area (Å²) in [7, 11) is 0. The molecule has 6 heteroatoms. The van der Waals surface area contributed by atoms with Crippen LogP contribution in [0, 0.1) is 0 Å². The minimum absolute atomic E-state index is 0.0288. The molecule has 0 radical (unpaired) electrons. The highest BCUT2D eigenvalue weighted by Gasteiger charge is 2.35. The van der Waals surface area contributed by atoms with Crippen molar-refractivity contribution < 1.29 is 19.5 Å². The molecule has 1 aromatic rings. The number of aromatic carboxylic acids is 1. The van der Waals surface area contributed by atoms with Gasteiger partial charge in [0.2, 0.25) is 0 Å². The Labute approximate surface area is 103 Å². The quantitative estimate of drug-likeness (QED) is 0.786. The summed E-state index contributed by atoms with van der Waals surface area (Å²) in [4.78, 5) is 39.2. The number of aromatic nitrogens is 1. The van der Waals surface area contributed by atoms with Crippen molar-refractivity contribution in [2.45, 2.75) is 13.8 Å². The predicted molar refractivity (Wildman–Crippen MR) is 62.1 cm³/mol. The molecule has 0 unspecified atom stereocenters. The summed E-state index contributed by atoms with van der Waals surface area (Å²) in [6.07, 6.45) is 0. The molecule has 0 atom stereocenters. The maximum absolute atomic E-state index is 11.9. The van der Waals surface area contributed by atoms with E-state index in [0.29, 0.717) is 11.1 Å². The lowest BCUT2D eigenvalue weighted by Crippen LogP contribution is -2.32. The van der Waals surface area contributed by atoms with Crippen LogP contribution in [-0.2, 0) is 9.59 Å². The van der Waals surface area contributed by atoms with Crippen LogP contribution < -0.4 is 4.90 Å². The van der Waals surface area contributed by atoms with Crippen LogP contribution in [0.25, 0.3) is 0 Å². The molecule has 92 valence electrons. The van der Waals surface area contributed by atoms with Crippen molar-refractivity contribution in [2.24, 2.45) is 0 Å². The monoisotopic (exact) mass is 246 g/mol. The molecule has 0 bridgehead atoms. The van der Waals surface area contributed by atoms with Crippen LogP contribution >= 0.6 is 0 Å². The van der Waals surface area contributed by atoms with E-state index < -0.39 is 17.8 Å². The zero-order valence-electron chi connectivity index (χ0n) is 9.80. The Morgan fingerprint density at radius 3 is 2.22 bits per heavy atom. The standard InChI is InChI=1S/C12H10N2O4/c1-6-7(2)11(16)14(10(6)15)9-5-3-4-8(13-9)12(17)18/h3-5H,1-2H3,(H,17,18). The predicted octanol–water partition coefficient (Wildman–Crippen LogP) is 0.989. The molecule has 0 spiro atoms. The van der Waals surface area contributed by atoms with Crippen LogP contribution in [-0.4, -0.2) is 27.9 Å². The molecule has 6 nitrogen and oxygen atoms in total. The number of hydrogen-bond acceptors (Lipinski definition) is 4. The van der Waals surface area contributed by atoms with Gasteiger partial charge in [-0.2, -0.15) is 0 Å². The number of pyridine rings is 1. The Bertz CT molecular complexity index is 580. The number of carbonyl (C=O) groups excluding carboxylic acids is 2. The van der Waals surface area contributed by atoms with Gasteiger partial charge in [-0.3, -0.25) is 9.59 Å². The topological polar surface area (TPSA) is 87.6 Å². The number of anilines is 1. The number of carboxylic acids is 1. The van der Waals surface area contributed by atoms with E-state index in [9.17, 15) is 14.4 Å². The highest BCUT2D eigenvalue weighted by atomic mass is 16.4. The molecule has 0 saturated carbocycles. The van der Waals surface area contributed by atoms with Gasteiger partial charge in [0.05, 0.1) is 0 Å². The Kier molecular flexibility index (Phi) is 2.70. The fraction of sp³-hybridized carbons (Fsp3) is 0.167. The zero-order chi connectivity index (χ0) is 13.4. The van der Waals surface area contributed by atoms with Crippen LogP contribution in [0.3, 0.4) is 0 Å². The minimum atomic E-state index is -1.21. The molecule has 0 aromatic carbocycles. The molecular formula is C12H10N2O4. The first kappa shape index (κ1) is 12.0. The number of nitrogens with zero attached hydrogens (tertiary/aromatic N) is 2. The van der Waals surface area contributed by atoms with Gasteiger partial charge in [-0.05, 0) is 26.0 Å². The van der Waals surface area contributed by atoms with Gasteiger partial charge < -0.3 is 5.11 Å². The Balaban J connectivity index is 2.46. The highest BCUT2D eigenvalue weighted by Crippen LogP contribution is 2.25. The summed E-state index contributed by atoms with van der Waals surface area (Å²) in [5, 5.41) is 8.83. The van der Waals surface area contributed by atoms with Crippen molar-refractivity contribution in [3.63, 3.8) is 0 Å². The Morgan fingerprint density at radius 1 is 1.17 bits per heavy atom. The largest absolute Gasteiger partial charge is 0.477 e. The van der Waals surface area contributed by atoms with E-state index in [-0.39, 0.29) is 11.5 Å². The van der Waals surface area contributed by atoms with Gasteiger partial charge in [-0.15, -0.1) is 0 Å². The molecule has 1 aliphatic rings. The number of carboxylic acid groups (broad SMARTS) is 1. The van der Waals surface area contributed by atoms with Crippen molar-refractivity contribution in [2.75, 3.05) is 4.90 Å². The summed E-state index contributed by atoms with van der Waals surface area (Å²) < 4.78 is 0. The van der Waals surface area contributed by atoms with Gasteiger partial charge in [0.1, 0.15) is 5.82 Å². The third-order valence-electron chi connectivity index (χ3n) is 2.79. The third-order valence-corrected chi connectivity index (χ3v) is 2.79. The van der Waals surface area contributed by atoms with Crippen LogP contribution in [0.1, 0.15) is 24.3 Å². The molecule has 2 amide bonds. The van der Waals surface area contributed by atoms with Crippen LogP contribution in [0.2, 0.25) is 0 Å². The molecule has 1 aromatic heterocycles. The van der Waals surface area contributed by atoms with Gasteiger partial charge in [0.15, 0.2) is 5.69 Å². The summed E-state index contributed by atoms with van der Waals surface area (Å²) >= 11 is 0. The maximum atomic E-state index is 11.9. The smallest absolute Gasteiger partial charge is 0.354 e. The average molecular weight is 246 g/mol. The molecule has 2 heterocycles. The van der Waals surface area contributed by atoms with E-state index in [1.165, 1.54) is 18.2 Å². The van der Waals surface area contributed by atoms with Crippen LogP contribution in [0.15, 0.2) is 29.3 Å². The summed E-state index contributed by atoms with van der Waals surface area (Å²) in [5.74, 6) is -2.11. The SMILES string of the molecule is CC1=C(C)C(=O)N(c2cccc(C(=O)O)n2)C1=O. The molecule has 0 saturated heterocycles. The number of rotatable bonds is 2. The average Bonchev–Trinajstić information content (AvgIpc) is 2.54. The molecule has 18 heavy (non-hydrogen) atoms. The van der Waals surface area contributed by atoms with E-state index in [0.717, 1.165) is 4.90 Å². The fourth-order valence-corrected chi connectivity index (χ4v) is 1.62. The number of hydrogen-bond donors (Lipinski definition) is 1. The van der Waals surface area contributed by atoms with Crippen molar-refractivity contribution in [3.8, 4) is 0 Å². The van der Waals surface area contributed by atoms with Gasteiger partial charge in [0.25, 0.3) is 11.8 Å². The Morgan fingerprint density at radius 2 is 1.72 bits per heavy atom. The lowest BCUT2D eigenvalue weighted by molar-refractivity contribution is -0.120. The first-order chi connectivity index (χ1) is 8.43. The van der Waals surface area contributed by atoms with E-state index in [1.807, 2.05) is 0 Å². The normalized spacial score (nSPS) is 15.6. The van der Waals surface area contributed by atoms with E-state index in [2.05, 4.69) is 4.98 Å². The maximum Gasteiger partial charge on any atom is 0.354 e. The number of amides is 2. The summed E-state index contributed by atoms with van der Waals surface area (Å²) in [5.41, 5.74) is 0.486. The molecule has 1 N–H and O–H groups in total. The fourth-order valence-electron chi connectivity index (χ4n) is 1.62. The van der Waals surface area contributed by atoms with Crippen molar-refractivity contribution in [1.82, 2.24) is 4.98 Å². The second kappa shape index (κ2) is 4.06. The molecule has 1 aliphatic heterocycles. The van der Waals surface area contributed by atoms with Crippen molar-refractivity contribution in [1.29, 1.82) is 0 Å². The van der Waals surface area contributed by atoms with E-state index >= 15 is 0 Å². The molecule has 0 fully saturated rings. The summed E-state index contributed by atoms with van der Waals surface area (Å²) in [6.45, 7) is 3.10. The van der Waals surface area contributed by atoms with Gasteiger partial charge >= 0.3 is 5.97 Å². The van der Waals surface area contributed by atoms with Crippen molar-refractivity contribution in [3.05, 3.63) is 35.0 Å². The number of carbonyl (C=O) groups is 3. The lowest BCUT2D eigenvalue weighted by atomic mass is 10.2. The van der Waals surface area contributed by atoms with Gasteiger partial charge in [-0.1, -0.05) is 6.07 Å². The van der Waals surface area contributed by atoms with E-state index in [4.69, 9.17) is 5.11 Å². The Hall–Kier alpha value is -2.50. The highest BCUT2D eigenvalue weighted by molar-refractivity contribution is 6.32. The van der Waals surface area contributed by atoms with Crippen molar-refractivity contribution >= 4 is 23.6 Å². The van der Waals surface area contributed by atoms with Crippen LogP contribution in [0.4, 0.5) is 5.82 Å². The first-order valence-electron chi connectivity index (χ1n) is 5.20. The second-order valence-electron chi connectivity index (χ2n) is 3.88. The first-order valence-corrected chi connectivity index (χ1v) is 5.20. The lowest BCUT2D eigenvalue weighted by Gasteiger charge is -2.13. The molecular weight excluding hydrogens is 236 g/mol.